The van der Waals surface area contributed by atoms with E-state index < -0.39 is 52.6 Å². The zero-order valence-electron chi connectivity index (χ0n) is 30.8. The molecule has 4 aliphatic rings. The molecular formula is C46H37ClFN3O6. The first-order chi connectivity index (χ1) is 27.5. The number of phenolic OH excluding ortho intramolecular Hbond substituents is 1. The fourth-order valence-corrected chi connectivity index (χ4v) is 9.64. The number of anilines is 4. The van der Waals surface area contributed by atoms with Crippen molar-refractivity contribution in [2.45, 2.75) is 32.3 Å². The first-order valence-electron chi connectivity index (χ1n) is 18.9. The second-order valence-corrected chi connectivity index (χ2v) is 15.7. The van der Waals surface area contributed by atoms with Gasteiger partial charge in [-0.3, -0.25) is 24.1 Å². The third-order valence-electron chi connectivity index (χ3n) is 12.2. The summed E-state index contributed by atoms with van der Waals surface area (Å²) in [6.45, 7) is 1.98. The number of benzene rings is 5. The van der Waals surface area contributed by atoms with E-state index in [0.29, 0.717) is 22.6 Å². The summed E-state index contributed by atoms with van der Waals surface area (Å²) in [7, 11) is 0. The van der Waals surface area contributed by atoms with Crippen LogP contribution in [0.15, 0.2) is 133 Å². The molecule has 11 heteroatoms. The SMILES string of the molecule is CC12C(=O)N(c3ccc(F)c(Cl)c3)C(=O)C1CC1C(=CCC3C(=O)N(c4ccc(Nc5ccccc5)cc4)C(=O)C31)C2c1ccc(OCc2ccccc2)cc1O. The summed E-state index contributed by atoms with van der Waals surface area (Å²) in [6.07, 6.45) is 2.27. The normalized spacial score (nSPS) is 25.2. The number of hydrogen-bond donors (Lipinski definition) is 2. The van der Waals surface area contributed by atoms with Gasteiger partial charge >= 0.3 is 0 Å². The van der Waals surface area contributed by atoms with Crippen LogP contribution in [0.2, 0.25) is 5.02 Å². The minimum Gasteiger partial charge on any atom is -0.508 e. The first-order valence-corrected chi connectivity index (χ1v) is 19.3. The smallest absolute Gasteiger partial charge is 0.241 e. The van der Waals surface area contributed by atoms with Crippen LogP contribution >= 0.6 is 11.6 Å². The number of hydrogen-bond acceptors (Lipinski definition) is 7. The number of amides is 4. The molecule has 57 heavy (non-hydrogen) atoms. The lowest BCUT2D eigenvalue weighted by Gasteiger charge is -2.49. The Labute approximate surface area is 333 Å². The van der Waals surface area contributed by atoms with Gasteiger partial charge in [-0.1, -0.05) is 77.8 Å². The van der Waals surface area contributed by atoms with Crippen molar-refractivity contribution in [3.8, 4) is 11.5 Å². The Morgan fingerprint density at radius 2 is 1.47 bits per heavy atom. The van der Waals surface area contributed by atoms with E-state index in [0.717, 1.165) is 27.9 Å². The summed E-state index contributed by atoms with van der Waals surface area (Å²) in [4.78, 5) is 60.4. The molecule has 2 N–H and O–H groups in total. The van der Waals surface area contributed by atoms with Crippen molar-refractivity contribution in [1.29, 1.82) is 0 Å². The molecule has 0 radical (unpaired) electrons. The van der Waals surface area contributed by atoms with Crippen molar-refractivity contribution in [3.63, 3.8) is 0 Å². The zero-order chi connectivity index (χ0) is 39.6. The molecule has 1 saturated carbocycles. The fourth-order valence-electron chi connectivity index (χ4n) is 9.46. The number of halogens is 2. The highest BCUT2D eigenvalue weighted by atomic mass is 35.5. The number of aromatic hydroxyl groups is 1. The average molecular weight is 782 g/mol. The number of nitrogens with one attached hydrogen (secondary N) is 1. The quantitative estimate of drug-likeness (QED) is 0.119. The number of allylic oxidation sites excluding steroid dienone is 2. The maximum atomic E-state index is 14.8. The highest BCUT2D eigenvalue weighted by molar-refractivity contribution is 6.32. The van der Waals surface area contributed by atoms with E-state index in [9.17, 15) is 28.7 Å². The molecule has 2 heterocycles. The Morgan fingerprint density at radius 1 is 0.789 bits per heavy atom. The zero-order valence-corrected chi connectivity index (χ0v) is 31.5. The van der Waals surface area contributed by atoms with Gasteiger partial charge in [-0.25, -0.2) is 9.29 Å². The van der Waals surface area contributed by atoms with Crippen LogP contribution in [-0.4, -0.2) is 28.7 Å². The number of para-hydroxylation sites is 1. The summed E-state index contributed by atoms with van der Waals surface area (Å²) in [5.41, 5.74) is 2.85. The molecule has 5 aromatic rings. The molecule has 2 saturated heterocycles. The van der Waals surface area contributed by atoms with Crippen LogP contribution in [0.1, 0.15) is 36.8 Å². The van der Waals surface area contributed by atoms with Gasteiger partial charge in [-0.15, -0.1) is 0 Å². The van der Waals surface area contributed by atoms with E-state index in [2.05, 4.69) is 5.32 Å². The number of imide groups is 2. The summed E-state index contributed by atoms with van der Waals surface area (Å²) < 4.78 is 20.3. The van der Waals surface area contributed by atoms with E-state index in [1.54, 1.807) is 31.2 Å². The van der Waals surface area contributed by atoms with Crippen molar-refractivity contribution in [2.24, 2.45) is 29.1 Å². The molecule has 5 aromatic carbocycles. The van der Waals surface area contributed by atoms with E-state index in [4.69, 9.17) is 16.3 Å². The van der Waals surface area contributed by atoms with E-state index in [-0.39, 0.29) is 47.7 Å². The number of phenols is 1. The Bertz CT molecular complexity index is 2480. The predicted octanol–water partition coefficient (Wildman–Crippen LogP) is 8.94. The van der Waals surface area contributed by atoms with Crippen molar-refractivity contribution < 1.29 is 33.4 Å². The molecule has 4 amide bonds. The molecule has 6 unspecified atom stereocenters. The van der Waals surface area contributed by atoms with Gasteiger partial charge in [0.2, 0.25) is 23.6 Å². The second kappa shape index (κ2) is 14.0. The Balaban J connectivity index is 1.08. The second-order valence-electron chi connectivity index (χ2n) is 15.3. The topological polar surface area (TPSA) is 116 Å². The number of carbonyl (C=O) groups is 4. The molecule has 9 nitrogen and oxygen atoms in total. The summed E-state index contributed by atoms with van der Waals surface area (Å²) in [5, 5.41) is 14.8. The monoisotopic (exact) mass is 781 g/mol. The maximum absolute atomic E-state index is 14.8. The summed E-state index contributed by atoms with van der Waals surface area (Å²) in [5.74, 6) is -6.08. The molecule has 2 aliphatic heterocycles. The van der Waals surface area contributed by atoms with Gasteiger partial charge in [-0.05, 0) is 91.9 Å². The van der Waals surface area contributed by atoms with Gasteiger partial charge in [-0.2, -0.15) is 0 Å². The van der Waals surface area contributed by atoms with Crippen LogP contribution in [0.25, 0.3) is 0 Å². The minimum atomic E-state index is -1.43. The van der Waals surface area contributed by atoms with Crippen molar-refractivity contribution >= 4 is 58.0 Å². The van der Waals surface area contributed by atoms with Gasteiger partial charge in [0, 0.05) is 28.9 Å². The molecule has 3 fully saturated rings. The lowest BCUT2D eigenvalue weighted by atomic mass is 9.51. The molecule has 6 atom stereocenters. The lowest BCUT2D eigenvalue weighted by Crippen LogP contribution is -2.48. The van der Waals surface area contributed by atoms with Crippen molar-refractivity contribution in [2.75, 3.05) is 15.1 Å². The van der Waals surface area contributed by atoms with Crippen LogP contribution in [0.5, 0.6) is 11.5 Å². The van der Waals surface area contributed by atoms with E-state index in [1.807, 2.05) is 78.9 Å². The molecular weight excluding hydrogens is 745 g/mol. The van der Waals surface area contributed by atoms with Gasteiger partial charge in [0.15, 0.2) is 0 Å². The molecule has 286 valence electrons. The third kappa shape index (κ3) is 5.98. The van der Waals surface area contributed by atoms with Gasteiger partial charge in [0.25, 0.3) is 0 Å². The Hall–Kier alpha value is -6.26. The largest absolute Gasteiger partial charge is 0.508 e. The van der Waals surface area contributed by atoms with Gasteiger partial charge < -0.3 is 15.2 Å². The molecule has 0 aromatic heterocycles. The maximum Gasteiger partial charge on any atom is 0.241 e. The summed E-state index contributed by atoms with van der Waals surface area (Å²) in [6, 6.07) is 34.9. The highest BCUT2D eigenvalue weighted by Gasteiger charge is 2.68. The van der Waals surface area contributed by atoms with Crippen LogP contribution in [0.3, 0.4) is 0 Å². The molecule has 0 spiro atoms. The van der Waals surface area contributed by atoms with Crippen LogP contribution in [0.4, 0.5) is 27.1 Å². The lowest BCUT2D eigenvalue weighted by molar-refractivity contribution is -0.131. The Morgan fingerprint density at radius 3 is 2.18 bits per heavy atom. The molecule has 9 rings (SSSR count). The van der Waals surface area contributed by atoms with Gasteiger partial charge in [0.05, 0.1) is 39.6 Å². The number of fused-ring (bicyclic) bond motifs is 4. The molecule has 2 aliphatic carbocycles. The predicted molar refractivity (Wildman–Crippen MR) is 214 cm³/mol. The van der Waals surface area contributed by atoms with E-state index in [1.165, 1.54) is 23.1 Å². The number of nitrogens with zero attached hydrogens (tertiary/aromatic N) is 2. The average Bonchev–Trinajstić information content (AvgIpc) is 3.59. The number of ether oxygens (including phenoxy) is 1. The van der Waals surface area contributed by atoms with Crippen molar-refractivity contribution in [1.82, 2.24) is 0 Å². The van der Waals surface area contributed by atoms with Crippen LogP contribution in [-0.2, 0) is 25.8 Å². The Kier molecular flexibility index (Phi) is 8.96. The van der Waals surface area contributed by atoms with Gasteiger partial charge in [0.1, 0.15) is 23.9 Å². The third-order valence-corrected chi connectivity index (χ3v) is 12.5. The van der Waals surface area contributed by atoms with Crippen molar-refractivity contribution in [3.05, 3.63) is 155 Å². The van der Waals surface area contributed by atoms with E-state index >= 15 is 0 Å². The number of carbonyl (C=O) groups excluding carboxylic acids is 4. The number of rotatable bonds is 8. The van der Waals surface area contributed by atoms with Crippen LogP contribution in [0, 0.1) is 34.9 Å². The standard InChI is InChI=1S/C46H37ClFN3O6/c1-46-36(43(54)51(45(46)56)30-16-21-38(48)37(47)22-30)24-35-32(41(46)33-18-17-31(23-39(33)52)57-25-26-8-4-2-5-9-26)19-20-34-40(35)44(55)50(42(34)53)29-14-12-28(13-15-29)49-27-10-6-3-7-11-27/h2-19,21-23,34-36,40-41,49,52H,20,24-25H2,1H3. The summed E-state index contributed by atoms with van der Waals surface area (Å²) >= 11 is 6.14. The highest BCUT2D eigenvalue weighted by Crippen LogP contribution is 2.64. The minimum absolute atomic E-state index is 0.113. The first kappa shape index (κ1) is 36.4. The van der Waals surface area contributed by atoms with Crippen LogP contribution < -0.4 is 19.9 Å². The fraction of sp³-hybridized carbons (Fsp3) is 0.217. The molecule has 0 bridgehead atoms.